The van der Waals surface area contributed by atoms with E-state index < -0.39 is 0 Å². The molecule has 3 nitrogen and oxygen atoms in total. The van der Waals surface area contributed by atoms with Crippen molar-refractivity contribution in [3.63, 3.8) is 0 Å². The molecule has 3 aromatic rings. The highest BCUT2D eigenvalue weighted by atomic mass is 79.9. The van der Waals surface area contributed by atoms with Crippen molar-refractivity contribution < 1.29 is 31.1 Å². The molecule has 0 saturated carbocycles. The van der Waals surface area contributed by atoms with Gasteiger partial charge in [-0.2, -0.15) is 4.57 Å². The first-order valence-corrected chi connectivity index (χ1v) is 11.8. The Balaban J connectivity index is 0.000000805. The summed E-state index contributed by atoms with van der Waals surface area (Å²) >= 11 is 5.98. The molecule has 0 amide bonds. The summed E-state index contributed by atoms with van der Waals surface area (Å²) in [5.74, 6) is -0.227. The van der Waals surface area contributed by atoms with E-state index in [0.29, 0.717) is 6.61 Å². The van der Waals surface area contributed by atoms with Gasteiger partial charge in [-0.15, -0.1) is 0 Å². The Morgan fingerprint density at radius 2 is 1.38 bits per heavy atom. The van der Waals surface area contributed by atoms with Gasteiger partial charge in [-0.05, 0) is 96.8 Å². The number of benzene rings is 2. The number of pyridine rings is 1. The summed E-state index contributed by atoms with van der Waals surface area (Å²) in [6.45, 7) is 15.4. The molecule has 3 rings (SSSR count). The third kappa shape index (κ3) is 14.0. The number of hydrogen-bond donors (Lipinski definition) is 0. The molecule has 2 aromatic carbocycles. The van der Waals surface area contributed by atoms with Gasteiger partial charge in [-0.1, -0.05) is 64.9 Å². The molecule has 5 heteroatoms. The van der Waals surface area contributed by atoms with Crippen molar-refractivity contribution in [1.82, 2.24) is 0 Å². The monoisotopic (exact) mass is 595 g/mol. The molecular formula is C34H27BrClNO2. The Morgan fingerprint density at radius 1 is 0.821 bits per heavy atom. The van der Waals surface area contributed by atoms with E-state index in [1.54, 1.807) is 0 Å². The van der Waals surface area contributed by atoms with Gasteiger partial charge >= 0.3 is 5.97 Å². The summed E-state index contributed by atoms with van der Waals surface area (Å²) in [6.07, 6.45) is 2.67. The molecule has 0 N–H and O–H groups in total. The molecule has 0 fully saturated rings. The second kappa shape index (κ2) is 21.5. The van der Waals surface area contributed by atoms with E-state index in [9.17, 15) is 4.79 Å². The summed E-state index contributed by atoms with van der Waals surface area (Å²) in [7, 11) is 0. The van der Waals surface area contributed by atoms with Crippen molar-refractivity contribution in [2.45, 2.75) is 19.9 Å². The van der Waals surface area contributed by atoms with E-state index in [0.717, 1.165) is 33.5 Å². The van der Waals surface area contributed by atoms with Crippen LogP contribution in [0.3, 0.4) is 0 Å². The number of rotatable bonds is 5. The van der Waals surface area contributed by atoms with Gasteiger partial charge in [0.15, 0.2) is 11.9 Å². The number of carbonyl (C=O) groups is 1. The first-order valence-electron chi connectivity index (χ1n) is 11.4. The first kappa shape index (κ1) is 34.4. The Labute approximate surface area is 245 Å². The SMILES string of the molecule is C=C=C=C=C.C=C=C=C=C=C=C=C=C.CCOC(=O)C[n+]1ccc2ccccc2c1Cc1ccc(Cl)cc1.[Br-]. The fourth-order valence-corrected chi connectivity index (χ4v) is 3.18. The normalized spacial score (nSPS) is 7.85. The highest BCUT2D eigenvalue weighted by Gasteiger charge is 2.19. The second-order valence-corrected chi connectivity index (χ2v) is 7.48. The van der Waals surface area contributed by atoms with Gasteiger partial charge in [0.05, 0.1) is 13.0 Å². The van der Waals surface area contributed by atoms with E-state index >= 15 is 0 Å². The van der Waals surface area contributed by atoms with E-state index in [2.05, 4.69) is 95.8 Å². The van der Waals surface area contributed by atoms with Gasteiger partial charge in [-0.3, -0.25) is 0 Å². The number of aromatic nitrogens is 1. The van der Waals surface area contributed by atoms with Crippen LogP contribution in [0.15, 0.2) is 144 Å². The molecule has 0 saturated heterocycles. The fourth-order valence-electron chi connectivity index (χ4n) is 3.05. The van der Waals surface area contributed by atoms with Crippen LogP contribution in [-0.4, -0.2) is 12.6 Å². The molecule has 0 aliphatic rings. The van der Waals surface area contributed by atoms with Crippen LogP contribution >= 0.6 is 11.6 Å². The molecule has 1 heterocycles. The summed E-state index contributed by atoms with van der Waals surface area (Å²) in [4.78, 5) is 11.9. The van der Waals surface area contributed by atoms with Gasteiger partial charge in [-0.25, -0.2) is 4.79 Å². The van der Waals surface area contributed by atoms with E-state index in [1.807, 2.05) is 60.2 Å². The van der Waals surface area contributed by atoms with Crippen molar-refractivity contribution in [1.29, 1.82) is 0 Å². The zero-order valence-corrected chi connectivity index (χ0v) is 24.1. The van der Waals surface area contributed by atoms with Crippen LogP contribution in [0.1, 0.15) is 18.2 Å². The van der Waals surface area contributed by atoms with Gasteiger partial charge in [0.1, 0.15) is 0 Å². The Bertz CT molecular complexity index is 1580. The Kier molecular flexibility index (Phi) is 18.9. The highest BCUT2D eigenvalue weighted by molar-refractivity contribution is 6.30. The summed E-state index contributed by atoms with van der Waals surface area (Å²) < 4.78 is 7.07. The van der Waals surface area contributed by atoms with E-state index in [1.165, 1.54) is 0 Å². The van der Waals surface area contributed by atoms with Crippen LogP contribution in [-0.2, 0) is 22.5 Å². The first-order chi connectivity index (χ1) is 18.5. The minimum atomic E-state index is -0.227. The molecule has 0 atom stereocenters. The minimum absolute atomic E-state index is 0. The predicted molar refractivity (Wildman–Crippen MR) is 153 cm³/mol. The molecule has 39 heavy (non-hydrogen) atoms. The van der Waals surface area contributed by atoms with Crippen molar-refractivity contribution in [3.8, 4) is 0 Å². The molecule has 0 aliphatic heterocycles. The lowest BCUT2D eigenvalue weighted by atomic mass is 10.0. The Morgan fingerprint density at radius 3 is 1.92 bits per heavy atom. The average molecular weight is 597 g/mol. The summed E-state index contributed by atoms with van der Waals surface area (Å²) in [5.41, 5.74) is 26.3. The van der Waals surface area contributed by atoms with Crippen LogP contribution in [0.2, 0.25) is 5.02 Å². The Hall–Kier alpha value is -4.63. The average Bonchev–Trinajstić information content (AvgIpc) is 2.92. The van der Waals surface area contributed by atoms with E-state index in [4.69, 9.17) is 16.3 Å². The van der Waals surface area contributed by atoms with Crippen LogP contribution < -0.4 is 21.5 Å². The minimum Gasteiger partial charge on any atom is -1.00 e. The highest BCUT2D eigenvalue weighted by Crippen LogP contribution is 2.19. The number of halogens is 2. The number of carbonyl (C=O) groups excluding carboxylic acids is 1. The number of hydrogen-bond acceptors (Lipinski definition) is 2. The van der Waals surface area contributed by atoms with Gasteiger partial charge in [0.2, 0.25) is 6.54 Å². The lowest BCUT2D eigenvalue weighted by molar-refractivity contribution is -0.691. The zero-order chi connectivity index (χ0) is 28.0. The van der Waals surface area contributed by atoms with Crippen molar-refractivity contribution in [2.24, 2.45) is 0 Å². The molecule has 194 valence electrons. The van der Waals surface area contributed by atoms with Crippen molar-refractivity contribution in [3.05, 3.63) is 161 Å². The number of ether oxygens (including phenoxy) is 1. The molecule has 0 bridgehead atoms. The third-order valence-corrected chi connectivity index (χ3v) is 4.80. The molecule has 0 radical (unpaired) electrons. The second-order valence-electron chi connectivity index (χ2n) is 7.04. The van der Waals surface area contributed by atoms with Crippen LogP contribution in [0.5, 0.6) is 0 Å². The zero-order valence-electron chi connectivity index (χ0n) is 21.7. The third-order valence-electron chi connectivity index (χ3n) is 4.55. The van der Waals surface area contributed by atoms with Crippen molar-refractivity contribution in [2.75, 3.05) is 6.61 Å². The molecule has 0 unspecified atom stereocenters. The largest absolute Gasteiger partial charge is 1.00 e. The molecule has 0 spiro atoms. The van der Waals surface area contributed by atoms with Crippen molar-refractivity contribution >= 4 is 28.3 Å². The fraction of sp³-hybridized carbons (Fsp3) is 0.118. The van der Waals surface area contributed by atoms with Gasteiger partial charge < -0.3 is 21.7 Å². The molecule has 0 aliphatic carbocycles. The maximum absolute atomic E-state index is 11.9. The quantitative estimate of drug-likeness (QED) is 0.252. The topological polar surface area (TPSA) is 30.2 Å². The maximum Gasteiger partial charge on any atom is 0.372 e. The van der Waals surface area contributed by atoms with Crippen LogP contribution in [0.25, 0.3) is 10.8 Å². The number of fused-ring (bicyclic) bond motifs is 1. The number of esters is 1. The van der Waals surface area contributed by atoms with Crippen LogP contribution in [0, 0.1) is 0 Å². The number of nitrogens with zero attached hydrogens (tertiary/aromatic N) is 1. The summed E-state index contributed by atoms with van der Waals surface area (Å²) in [6, 6.07) is 18.0. The standard InChI is InChI=1S/C20H19ClNO2.C9H4.C5H4.BrH/c1-2-24-20(23)14-22-12-11-16-5-3-4-6-18(16)19(22)13-15-7-9-17(21)10-8-15;1-3-5-7-9-8-6-4-2;1-3-5-4-2;/h3-12H,2,13-14H2,1H3;1-2H2;1-2H2;1H/q+1;;;/p-1. The lowest BCUT2D eigenvalue weighted by Crippen LogP contribution is -3.00. The smallest absolute Gasteiger partial charge is 0.372 e. The van der Waals surface area contributed by atoms with Gasteiger partial charge in [0.25, 0.3) is 0 Å². The molecular weight excluding hydrogens is 570 g/mol. The predicted octanol–water partition coefficient (Wildman–Crippen LogP) is 4.09. The maximum atomic E-state index is 11.9. The lowest BCUT2D eigenvalue weighted by Gasteiger charge is -2.08. The molecule has 1 aromatic heterocycles. The van der Waals surface area contributed by atoms with E-state index in [-0.39, 0.29) is 29.5 Å². The van der Waals surface area contributed by atoms with Gasteiger partial charge in [0, 0.05) is 16.5 Å². The van der Waals surface area contributed by atoms with Crippen LogP contribution in [0.4, 0.5) is 0 Å². The summed E-state index contributed by atoms with van der Waals surface area (Å²) in [5, 5.41) is 3.01.